The second-order valence-corrected chi connectivity index (χ2v) is 4.33. The second kappa shape index (κ2) is 4.44. The number of benzene rings is 1. The van der Waals surface area contributed by atoms with Gasteiger partial charge in [0.15, 0.2) is 11.9 Å². The van der Waals surface area contributed by atoms with Crippen LogP contribution in [0.25, 0.3) is 0 Å². The Morgan fingerprint density at radius 1 is 1.44 bits per heavy atom. The molecule has 2 rings (SSSR count). The zero-order chi connectivity index (χ0) is 11.7. The first-order valence-corrected chi connectivity index (χ1v) is 5.48. The maximum atomic E-state index is 11.2. The number of ketones is 1. The molecule has 1 aromatic carbocycles. The van der Waals surface area contributed by atoms with Crippen LogP contribution in [-0.4, -0.2) is 25.1 Å². The smallest absolute Gasteiger partial charge is 0.169 e. The van der Waals surface area contributed by atoms with E-state index in [4.69, 9.17) is 21.1 Å². The summed E-state index contributed by atoms with van der Waals surface area (Å²) in [4.78, 5) is 11.2. The Balaban J connectivity index is 2.10. The van der Waals surface area contributed by atoms with E-state index in [2.05, 4.69) is 0 Å². The molecule has 16 heavy (non-hydrogen) atoms. The van der Waals surface area contributed by atoms with E-state index in [1.165, 1.54) is 7.11 Å². The maximum absolute atomic E-state index is 11.2. The molecule has 0 amide bonds. The van der Waals surface area contributed by atoms with Crippen LogP contribution in [0.2, 0.25) is 5.02 Å². The van der Waals surface area contributed by atoms with Crippen molar-refractivity contribution in [3.63, 3.8) is 0 Å². The number of hydrogen-bond acceptors (Lipinski definition) is 3. The fourth-order valence-electron chi connectivity index (χ4n) is 1.72. The normalized spacial score (nSPS) is 24.1. The van der Waals surface area contributed by atoms with Gasteiger partial charge in [0.1, 0.15) is 11.9 Å². The first kappa shape index (κ1) is 11.4. The molecule has 3 nitrogen and oxygen atoms in total. The van der Waals surface area contributed by atoms with E-state index in [-0.39, 0.29) is 11.9 Å². The summed E-state index contributed by atoms with van der Waals surface area (Å²) >= 11 is 5.88. The van der Waals surface area contributed by atoms with E-state index in [9.17, 15) is 4.79 Å². The highest BCUT2D eigenvalue weighted by molar-refractivity contribution is 6.30. The van der Waals surface area contributed by atoms with Crippen molar-refractivity contribution in [2.24, 2.45) is 0 Å². The molecule has 1 saturated carbocycles. The van der Waals surface area contributed by atoms with Gasteiger partial charge in [-0.1, -0.05) is 17.7 Å². The van der Waals surface area contributed by atoms with Gasteiger partial charge in [-0.2, -0.15) is 0 Å². The molecule has 0 N–H and O–H groups in total. The lowest BCUT2D eigenvalue weighted by Crippen LogP contribution is -2.51. The fourth-order valence-corrected chi connectivity index (χ4v) is 1.88. The van der Waals surface area contributed by atoms with Crippen molar-refractivity contribution >= 4 is 17.4 Å². The minimum Gasteiger partial charge on any atom is -0.486 e. The first-order valence-electron chi connectivity index (χ1n) is 5.10. The Hall–Kier alpha value is -1.06. The molecule has 0 aromatic heterocycles. The summed E-state index contributed by atoms with van der Waals surface area (Å²) in [7, 11) is 1.52. The molecule has 2 unspecified atom stereocenters. The highest BCUT2D eigenvalue weighted by Crippen LogP contribution is 2.29. The molecule has 0 bridgehead atoms. The molecule has 0 aliphatic heterocycles. The highest BCUT2D eigenvalue weighted by atomic mass is 35.5. The first-order chi connectivity index (χ1) is 7.61. The van der Waals surface area contributed by atoms with Crippen molar-refractivity contribution < 1.29 is 14.3 Å². The van der Waals surface area contributed by atoms with Crippen LogP contribution in [0.5, 0.6) is 5.75 Å². The number of carbonyl (C=O) groups is 1. The van der Waals surface area contributed by atoms with Gasteiger partial charge in [0, 0.05) is 18.6 Å². The van der Waals surface area contributed by atoms with Crippen molar-refractivity contribution in [3.05, 3.63) is 28.8 Å². The number of halogens is 1. The largest absolute Gasteiger partial charge is 0.486 e. The van der Waals surface area contributed by atoms with Gasteiger partial charge in [0.2, 0.25) is 0 Å². The van der Waals surface area contributed by atoms with Crippen LogP contribution in [0, 0.1) is 6.92 Å². The molecule has 86 valence electrons. The van der Waals surface area contributed by atoms with E-state index >= 15 is 0 Å². The molecule has 4 heteroatoms. The van der Waals surface area contributed by atoms with Crippen LogP contribution in [-0.2, 0) is 9.53 Å². The van der Waals surface area contributed by atoms with Gasteiger partial charge >= 0.3 is 0 Å². The molecule has 1 aliphatic rings. The predicted octanol–water partition coefficient (Wildman–Crippen LogP) is 2.38. The summed E-state index contributed by atoms with van der Waals surface area (Å²) in [6.45, 7) is 1.94. The third-order valence-corrected chi connectivity index (χ3v) is 2.97. The van der Waals surface area contributed by atoms with Crippen molar-refractivity contribution in [3.8, 4) is 5.75 Å². The zero-order valence-electron chi connectivity index (χ0n) is 9.20. The minimum atomic E-state index is -0.432. The van der Waals surface area contributed by atoms with E-state index in [0.717, 1.165) is 5.56 Å². The monoisotopic (exact) mass is 240 g/mol. The second-order valence-electron chi connectivity index (χ2n) is 3.89. The zero-order valence-corrected chi connectivity index (χ0v) is 9.95. The average molecular weight is 241 g/mol. The van der Waals surface area contributed by atoms with Crippen molar-refractivity contribution in [1.82, 2.24) is 0 Å². The lowest BCUT2D eigenvalue weighted by Gasteiger charge is -2.34. The number of carbonyl (C=O) groups excluding carboxylic acids is 1. The van der Waals surface area contributed by atoms with Gasteiger partial charge in [-0.15, -0.1) is 0 Å². The Kier molecular flexibility index (Phi) is 3.17. The molecule has 1 aromatic rings. The van der Waals surface area contributed by atoms with Crippen molar-refractivity contribution in [1.29, 1.82) is 0 Å². The number of aryl methyl sites for hydroxylation is 1. The maximum Gasteiger partial charge on any atom is 0.169 e. The fraction of sp³-hybridized carbons (Fsp3) is 0.417. The van der Waals surface area contributed by atoms with E-state index < -0.39 is 6.10 Å². The number of Topliss-reactive ketones (excluding diaryl/α,β-unsaturated/α-hetero) is 1. The highest BCUT2D eigenvalue weighted by Gasteiger charge is 2.42. The molecular weight excluding hydrogens is 228 g/mol. The lowest BCUT2D eigenvalue weighted by molar-refractivity contribution is -0.151. The van der Waals surface area contributed by atoms with Crippen LogP contribution in [0.3, 0.4) is 0 Å². The van der Waals surface area contributed by atoms with Crippen LogP contribution < -0.4 is 4.74 Å². The molecule has 0 radical (unpaired) electrons. The summed E-state index contributed by atoms with van der Waals surface area (Å²) in [5, 5.41) is 0.625. The van der Waals surface area contributed by atoms with Gasteiger partial charge in [0.05, 0.1) is 0 Å². The summed E-state index contributed by atoms with van der Waals surface area (Å²) in [5.41, 5.74) is 0.999. The van der Waals surface area contributed by atoms with Crippen LogP contribution in [0.15, 0.2) is 18.2 Å². The van der Waals surface area contributed by atoms with E-state index in [1.807, 2.05) is 19.1 Å². The Bertz CT molecular complexity index is 417. The number of methoxy groups -OCH3 is 1. The topological polar surface area (TPSA) is 35.5 Å². The Labute approximate surface area is 99.3 Å². The molecule has 1 fully saturated rings. The van der Waals surface area contributed by atoms with Gasteiger partial charge in [-0.25, -0.2) is 0 Å². The number of rotatable bonds is 3. The van der Waals surface area contributed by atoms with Gasteiger partial charge in [-0.05, 0) is 24.6 Å². The lowest BCUT2D eigenvalue weighted by atomic mass is 9.90. The molecule has 0 saturated heterocycles. The van der Waals surface area contributed by atoms with Gasteiger partial charge < -0.3 is 9.47 Å². The molecule has 0 heterocycles. The summed E-state index contributed by atoms with van der Waals surface area (Å²) in [6, 6.07) is 5.45. The van der Waals surface area contributed by atoms with Crippen LogP contribution in [0.4, 0.5) is 0 Å². The minimum absolute atomic E-state index is 0.0900. The van der Waals surface area contributed by atoms with Crippen LogP contribution in [0.1, 0.15) is 12.0 Å². The average Bonchev–Trinajstić information content (AvgIpc) is 2.23. The Morgan fingerprint density at radius 2 is 2.19 bits per heavy atom. The number of hydrogen-bond donors (Lipinski definition) is 0. The SMILES string of the molecule is COC1C(=O)CC1Oc1cc(Cl)ccc1C. The van der Waals surface area contributed by atoms with Crippen molar-refractivity contribution in [2.75, 3.05) is 7.11 Å². The summed E-state index contributed by atoms with van der Waals surface area (Å²) in [5.74, 6) is 0.805. The molecule has 0 spiro atoms. The van der Waals surface area contributed by atoms with E-state index in [0.29, 0.717) is 17.2 Å². The third kappa shape index (κ3) is 2.06. The molecule has 1 aliphatic carbocycles. The van der Waals surface area contributed by atoms with E-state index in [1.54, 1.807) is 6.07 Å². The predicted molar refractivity (Wildman–Crippen MR) is 61.0 cm³/mol. The number of ether oxygens (including phenoxy) is 2. The van der Waals surface area contributed by atoms with Crippen LogP contribution >= 0.6 is 11.6 Å². The van der Waals surface area contributed by atoms with Gasteiger partial charge in [0.25, 0.3) is 0 Å². The quantitative estimate of drug-likeness (QED) is 0.814. The molecule has 2 atom stereocenters. The Morgan fingerprint density at radius 3 is 2.81 bits per heavy atom. The van der Waals surface area contributed by atoms with Gasteiger partial charge in [-0.3, -0.25) is 4.79 Å². The third-order valence-electron chi connectivity index (χ3n) is 2.74. The standard InChI is InChI=1S/C12H13ClO3/c1-7-3-4-8(13)5-10(7)16-11-6-9(14)12(11)15-2/h3-5,11-12H,6H2,1-2H3. The molecular formula is C12H13ClO3. The summed E-state index contributed by atoms with van der Waals surface area (Å²) in [6.07, 6.45) is -0.210. The summed E-state index contributed by atoms with van der Waals surface area (Å²) < 4.78 is 10.8. The van der Waals surface area contributed by atoms with Crippen molar-refractivity contribution in [2.45, 2.75) is 25.6 Å².